The molecule has 0 spiro atoms. The Balaban J connectivity index is 1.67. The van der Waals surface area contributed by atoms with Crippen LogP contribution in [-0.4, -0.2) is 40.6 Å². The van der Waals surface area contributed by atoms with E-state index in [4.69, 9.17) is 0 Å². The Bertz CT molecular complexity index is 1120. The van der Waals surface area contributed by atoms with Gasteiger partial charge in [-0.05, 0) is 12.1 Å². The number of carbonyl (C=O) groups is 3. The molecule has 140 valence electrons. The zero-order valence-electron chi connectivity index (χ0n) is 14.8. The average molecular weight is 377 g/mol. The maximum Gasteiger partial charge on any atom is 0.277 e. The molecule has 1 unspecified atom stereocenters. The van der Waals surface area contributed by atoms with Gasteiger partial charge in [-0.25, -0.2) is 4.90 Å². The van der Waals surface area contributed by atoms with Crippen molar-refractivity contribution in [1.29, 1.82) is 0 Å². The normalized spacial score (nSPS) is 28.4. The Hall–Kier alpha value is -3.55. The minimum atomic E-state index is -0.722. The first-order chi connectivity index (χ1) is 13.4. The molecule has 0 saturated carbocycles. The van der Waals surface area contributed by atoms with E-state index in [9.17, 15) is 24.5 Å². The number of piperidine rings is 1. The van der Waals surface area contributed by atoms with Crippen LogP contribution in [0.25, 0.3) is 10.8 Å². The second kappa shape index (κ2) is 5.48. The molecule has 3 aliphatic heterocycles. The second-order valence-corrected chi connectivity index (χ2v) is 7.32. The summed E-state index contributed by atoms with van der Waals surface area (Å²) in [5.41, 5.74) is 0.229. The van der Waals surface area contributed by atoms with Gasteiger partial charge in [0.2, 0.25) is 17.7 Å². The van der Waals surface area contributed by atoms with Gasteiger partial charge in [-0.1, -0.05) is 30.4 Å². The summed E-state index contributed by atoms with van der Waals surface area (Å²) in [5.74, 6) is -2.95. The van der Waals surface area contributed by atoms with Crippen LogP contribution in [0.5, 0.6) is 0 Å². The fourth-order valence-electron chi connectivity index (χ4n) is 4.77. The summed E-state index contributed by atoms with van der Waals surface area (Å²) in [6, 6.07) is 8.93. The summed E-state index contributed by atoms with van der Waals surface area (Å²) in [4.78, 5) is 52.5. The number of carbonyl (C=O) groups excluding carboxylic acids is 3. The van der Waals surface area contributed by atoms with Crippen molar-refractivity contribution in [2.24, 2.45) is 17.8 Å². The Morgan fingerprint density at radius 1 is 0.893 bits per heavy atom. The lowest BCUT2D eigenvalue weighted by Crippen LogP contribution is -2.57. The van der Waals surface area contributed by atoms with Gasteiger partial charge in [-0.2, -0.15) is 0 Å². The molecule has 3 heterocycles. The number of nitro benzene ring substituents is 1. The number of imide groups is 1. The second-order valence-electron chi connectivity index (χ2n) is 7.32. The average Bonchev–Trinajstić information content (AvgIpc) is 2.96. The van der Waals surface area contributed by atoms with Crippen molar-refractivity contribution in [3.63, 3.8) is 0 Å². The van der Waals surface area contributed by atoms with E-state index in [1.54, 1.807) is 37.4 Å². The lowest BCUT2D eigenvalue weighted by Gasteiger charge is -2.44. The maximum atomic E-state index is 13.3. The monoisotopic (exact) mass is 377 g/mol. The SMILES string of the molecule is CN1C(=O)[C@@H]2C=C[C@H]1C1C(=O)N(c3ccc([N+](=O)[O-])c4ccccc34)C(=O)[C@@H]12. The number of benzene rings is 2. The van der Waals surface area contributed by atoms with E-state index in [0.29, 0.717) is 16.5 Å². The number of hydrogen-bond acceptors (Lipinski definition) is 5. The number of hydrogen-bond donors (Lipinski definition) is 0. The van der Waals surface area contributed by atoms with Gasteiger partial charge in [0.1, 0.15) is 0 Å². The number of nitrogens with zero attached hydrogens (tertiary/aromatic N) is 3. The lowest BCUT2D eigenvalue weighted by molar-refractivity contribution is -0.383. The summed E-state index contributed by atoms with van der Waals surface area (Å²) < 4.78 is 0. The minimum absolute atomic E-state index is 0.0903. The van der Waals surface area contributed by atoms with Crippen molar-refractivity contribution in [2.45, 2.75) is 6.04 Å². The molecule has 2 aromatic rings. The minimum Gasteiger partial charge on any atom is -0.338 e. The third-order valence-electron chi connectivity index (χ3n) is 6.06. The van der Waals surface area contributed by atoms with Crippen LogP contribution in [0.4, 0.5) is 11.4 Å². The van der Waals surface area contributed by atoms with Crippen LogP contribution in [0.15, 0.2) is 48.6 Å². The Morgan fingerprint density at radius 2 is 1.57 bits per heavy atom. The smallest absolute Gasteiger partial charge is 0.277 e. The highest BCUT2D eigenvalue weighted by molar-refractivity contribution is 6.27. The highest BCUT2D eigenvalue weighted by atomic mass is 16.6. The zero-order valence-corrected chi connectivity index (χ0v) is 14.8. The van der Waals surface area contributed by atoms with Crippen molar-refractivity contribution in [1.82, 2.24) is 4.90 Å². The third-order valence-corrected chi connectivity index (χ3v) is 6.06. The van der Waals surface area contributed by atoms with E-state index in [1.807, 2.05) is 6.08 Å². The number of fused-ring (bicyclic) bond motifs is 2. The van der Waals surface area contributed by atoms with Crippen molar-refractivity contribution in [2.75, 3.05) is 11.9 Å². The predicted octanol–water partition coefficient (Wildman–Crippen LogP) is 1.88. The molecule has 28 heavy (non-hydrogen) atoms. The van der Waals surface area contributed by atoms with Crippen LogP contribution in [0, 0.1) is 27.9 Å². The van der Waals surface area contributed by atoms with Crippen molar-refractivity contribution >= 4 is 39.9 Å². The molecule has 4 aliphatic rings. The quantitative estimate of drug-likeness (QED) is 0.344. The molecule has 2 fully saturated rings. The molecule has 8 heteroatoms. The molecule has 3 amide bonds. The Kier molecular flexibility index (Phi) is 3.25. The first-order valence-electron chi connectivity index (χ1n) is 8.91. The Morgan fingerprint density at radius 3 is 2.29 bits per heavy atom. The van der Waals surface area contributed by atoms with E-state index in [-0.39, 0.29) is 17.5 Å². The number of likely N-dealkylation sites (N-methyl/N-ethyl adjacent to an activating group) is 1. The molecule has 0 radical (unpaired) electrons. The zero-order chi connectivity index (χ0) is 19.7. The van der Waals surface area contributed by atoms with Crippen LogP contribution in [0.3, 0.4) is 0 Å². The maximum absolute atomic E-state index is 13.3. The molecule has 6 rings (SSSR count). The molecular formula is C20H15N3O5. The fourth-order valence-corrected chi connectivity index (χ4v) is 4.77. The van der Waals surface area contributed by atoms with Crippen LogP contribution < -0.4 is 4.90 Å². The molecule has 0 aromatic heterocycles. The van der Waals surface area contributed by atoms with Crippen molar-refractivity contribution < 1.29 is 19.3 Å². The number of rotatable bonds is 2. The molecule has 2 aromatic carbocycles. The van der Waals surface area contributed by atoms with Crippen LogP contribution in [-0.2, 0) is 14.4 Å². The largest absolute Gasteiger partial charge is 0.338 e. The van der Waals surface area contributed by atoms with Crippen molar-refractivity contribution in [3.8, 4) is 0 Å². The molecule has 1 aliphatic carbocycles. The molecule has 2 bridgehead atoms. The number of amides is 3. The van der Waals surface area contributed by atoms with Crippen molar-refractivity contribution in [3.05, 3.63) is 58.7 Å². The summed E-state index contributed by atoms with van der Waals surface area (Å²) in [6.07, 6.45) is 3.53. The first kappa shape index (κ1) is 16.6. The molecule has 4 atom stereocenters. The summed E-state index contributed by atoms with van der Waals surface area (Å²) in [6.45, 7) is 0. The predicted molar refractivity (Wildman–Crippen MR) is 99.3 cm³/mol. The van der Waals surface area contributed by atoms with Crippen LogP contribution in [0.2, 0.25) is 0 Å². The highest BCUT2D eigenvalue weighted by Crippen LogP contribution is 2.47. The van der Waals surface area contributed by atoms with Gasteiger partial charge in [-0.3, -0.25) is 24.5 Å². The summed E-state index contributed by atoms with van der Waals surface area (Å²) in [7, 11) is 1.64. The molecule has 2 saturated heterocycles. The van der Waals surface area contributed by atoms with Gasteiger partial charge < -0.3 is 4.90 Å². The van der Waals surface area contributed by atoms with E-state index in [1.165, 1.54) is 17.0 Å². The molecule has 8 nitrogen and oxygen atoms in total. The topological polar surface area (TPSA) is 101 Å². The van der Waals surface area contributed by atoms with Gasteiger partial charge >= 0.3 is 0 Å². The molecule has 0 N–H and O–H groups in total. The lowest BCUT2D eigenvalue weighted by atomic mass is 9.70. The highest BCUT2D eigenvalue weighted by Gasteiger charge is 2.61. The number of nitro groups is 1. The molecular weight excluding hydrogens is 362 g/mol. The summed E-state index contributed by atoms with van der Waals surface area (Å²) in [5, 5.41) is 12.2. The van der Waals surface area contributed by atoms with Crippen LogP contribution in [0.1, 0.15) is 0 Å². The van der Waals surface area contributed by atoms with Gasteiger partial charge in [-0.15, -0.1) is 0 Å². The van der Waals surface area contributed by atoms with E-state index in [2.05, 4.69) is 0 Å². The number of anilines is 1. The van der Waals surface area contributed by atoms with Crippen LogP contribution >= 0.6 is 0 Å². The van der Waals surface area contributed by atoms with Gasteiger partial charge in [0.05, 0.1) is 39.8 Å². The van der Waals surface area contributed by atoms with Gasteiger partial charge in [0, 0.05) is 18.5 Å². The van der Waals surface area contributed by atoms with E-state index in [0.717, 1.165) is 4.90 Å². The standard InChI is InChI=1S/C20H15N3O5/c1-21-15-7-6-12(18(21)24)16-17(15)20(26)22(19(16)25)13-8-9-14(23(27)28)11-5-3-2-4-10(11)13/h2-9,12,15-17H,1H3/t12-,15+,16-,17?/m1/s1. The summed E-state index contributed by atoms with van der Waals surface area (Å²) >= 11 is 0. The fraction of sp³-hybridized carbons (Fsp3) is 0.250. The number of non-ortho nitro benzene ring substituents is 1. The Labute approximate surface area is 159 Å². The van der Waals surface area contributed by atoms with E-state index >= 15 is 0 Å². The first-order valence-corrected chi connectivity index (χ1v) is 8.91. The van der Waals surface area contributed by atoms with E-state index < -0.39 is 34.6 Å². The van der Waals surface area contributed by atoms with Gasteiger partial charge in [0.25, 0.3) is 5.69 Å². The third kappa shape index (κ3) is 1.91. The van der Waals surface area contributed by atoms with Gasteiger partial charge in [0.15, 0.2) is 0 Å².